The highest BCUT2D eigenvalue weighted by molar-refractivity contribution is 5.63. The van der Waals surface area contributed by atoms with Gasteiger partial charge in [0, 0.05) is 12.6 Å². The second kappa shape index (κ2) is 5.97. The first-order valence-corrected chi connectivity index (χ1v) is 6.49. The summed E-state index contributed by atoms with van der Waals surface area (Å²) in [7, 11) is 0. The van der Waals surface area contributed by atoms with Crippen molar-refractivity contribution in [3.8, 4) is 0 Å². The second-order valence-electron chi connectivity index (χ2n) is 4.88. The molecule has 1 saturated heterocycles. The Morgan fingerprint density at radius 2 is 2.37 bits per heavy atom. The lowest BCUT2D eigenvalue weighted by Crippen LogP contribution is -2.24. The SMILES string of the molecule is Cc1cc(NCC[C@H]2CCCN2)c([N+](=O)[O-])cc1F. The molecule has 0 aromatic heterocycles. The van der Waals surface area contributed by atoms with Gasteiger partial charge in [0.1, 0.15) is 11.5 Å². The Morgan fingerprint density at radius 1 is 1.58 bits per heavy atom. The topological polar surface area (TPSA) is 67.2 Å². The van der Waals surface area contributed by atoms with E-state index in [0.29, 0.717) is 23.8 Å². The van der Waals surface area contributed by atoms with Gasteiger partial charge in [0.05, 0.1) is 11.0 Å². The molecule has 1 aliphatic heterocycles. The number of nitro groups is 1. The van der Waals surface area contributed by atoms with E-state index in [1.54, 1.807) is 6.92 Å². The molecule has 1 heterocycles. The average Bonchev–Trinajstić information content (AvgIpc) is 2.86. The molecule has 0 unspecified atom stereocenters. The molecule has 104 valence electrons. The smallest absolute Gasteiger partial charge is 0.295 e. The Morgan fingerprint density at radius 3 is 3.00 bits per heavy atom. The van der Waals surface area contributed by atoms with Gasteiger partial charge in [0.25, 0.3) is 5.69 Å². The summed E-state index contributed by atoms with van der Waals surface area (Å²) in [4.78, 5) is 10.3. The maximum atomic E-state index is 13.3. The molecule has 0 spiro atoms. The number of hydrogen-bond donors (Lipinski definition) is 2. The Bertz CT molecular complexity index is 473. The third-order valence-corrected chi connectivity index (χ3v) is 3.44. The number of nitrogens with one attached hydrogen (secondary N) is 2. The average molecular weight is 267 g/mol. The van der Waals surface area contributed by atoms with Gasteiger partial charge in [0.2, 0.25) is 0 Å². The van der Waals surface area contributed by atoms with Crippen molar-refractivity contribution in [3.05, 3.63) is 33.6 Å². The van der Waals surface area contributed by atoms with Gasteiger partial charge < -0.3 is 10.6 Å². The molecule has 1 fully saturated rings. The highest BCUT2D eigenvalue weighted by atomic mass is 19.1. The Hall–Kier alpha value is -1.69. The minimum atomic E-state index is -0.557. The first-order valence-electron chi connectivity index (χ1n) is 6.49. The molecule has 0 aliphatic carbocycles. The number of hydrogen-bond acceptors (Lipinski definition) is 4. The van der Waals surface area contributed by atoms with Crippen molar-refractivity contribution in [2.45, 2.75) is 32.2 Å². The first-order chi connectivity index (χ1) is 9.08. The summed E-state index contributed by atoms with van der Waals surface area (Å²) < 4.78 is 13.3. The predicted octanol–water partition coefficient (Wildman–Crippen LogP) is 2.60. The van der Waals surface area contributed by atoms with E-state index in [1.165, 1.54) is 12.5 Å². The maximum Gasteiger partial charge on any atom is 0.295 e. The summed E-state index contributed by atoms with van der Waals surface area (Å²) in [6, 6.07) is 2.95. The van der Waals surface area contributed by atoms with Gasteiger partial charge in [-0.25, -0.2) is 4.39 Å². The van der Waals surface area contributed by atoms with Crippen LogP contribution in [0.2, 0.25) is 0 Å². The molecule has 2 rings (SSSR count). The van der Waals surface area contributed by atoms with Crippen molar-refractivity contribution in [1.82, 2.24) is 5.32 Å². The molecule has 1 aliphatic rings. The fraction of sp³-hybridized carbons (Fsp3) is 0.538. The van der Waals surface area contributed by atoms with Crippen LogP contribution in [0.1, 0.15) is 24.8 Å². The fourth-order valence-corrected chi connectivity index (χ4v) is 2.35. The standard InChI is InChI=1S/C13H18FN3O2/c1-9-7-12(13(17(18)19)8-11(9)14)16-6-4-10-3-2-5-15-10/h7-8,10,15-16H,2-6H2,1H3/t10-/m1/s1. The largest absolute Gasteiger partial charge is 0.379 e. The van der Waals surface area contributed by atoms with Crippen LogP contribution in [0.5, 0.6) is 0 Å². The zero-order valence-corrected chi connectivity index (χ0v) is 10.9. The van der Waals surface area contributed by atoms with E-state index in [-0.39, 0.29) is 5.69 Å². The number of nitrogens with zero attached hydrogens (tertiary/aromatic N) is 1. The number of anilines is 1. The third-order valence-electron chi connectivity index (χ3n) is 3.44. The lowest BCUT2D eigenvalue weighted by Gasteiger charge is -2.12. The fourth-order valence-electron chi connectivity index (χ4n) is 2.35. The van der Waals surface area contributed by atoms with Crippen molar-refractivity contribution in [3.63, 3.8) is 0 Å². The summed E-state index contributed by atoms with van der Waals surface area (Å²) in [6.45, 7) is 3.28. The minimum Gasteiger partial charge on any atom is -0.379 e. The van der Waals surface area contributed by atoms with Crippen LogP contribution in [-0.4, -0.2) is 24.1 Å². The maximum absolute atomic E-state index is 13.3. The molecule has 0 amide bonds. The van der Waals surface area contributed by atoms with Crippen LogP contribution in [0, 0.1) is 22.9 Å². The molecule has 1 aromatic carbocycles. The van der Waals surface area contributed by atoms with Crippen molar-refractivity contribution < 1.29 is 9.31 Å². The molecule has 0 saturated carbocycles. The van der Waals surface area contributed by atoms with Crippen LogP contribution in [0.4, 0.5) is 15.8 Å². The monoisotopic (exact) mass is 267 g/mol. The Balaban J connectivity index is 2.01. The van der Waals surface area contributed by atoms with Crippen molar-refractivity contribution in [2.24, 2.45) is 0 Å². The van der Waals surface area contributed by atoms with Crippen LogP contribution in [0.25, 0.3) is 0 Å². The number of aryl methyl sites for hydroxylation is 1. The van der Waals surface area contributed by atoms with E-state index >= 15 is 0 Å². The van der Waals surface area contributed by atoms with Crippen LogP contribution in [-0.2, 0) is 0 Å². The summed E-state index contributed by atoms with van der Waals surface area (Å²) in [5.41, 5.74) is 0.594. The molecule has 1 atom stereocenters. The predicted molar refractivity (Wildman–Crippen MR) is 71.9 cm³/mol. The van der Waals surface area contributed by atoms with Gasteiger partial charge in [-0.15, -0.1) is 0 Å². The molecule has 1 aromatic rings. The minimum absolute atomic E-state index is 0.206. The summed E-state index contributed by atoms with van der Waals surface area (Å²) in [5, 5.41) is 17.3. The zero-order valence-electron chi connectivity index (χ0n) is 10.9. The van der Waals surface area contributed by atoms with E-state index in [2.05, 4.69) is 10.6 Å². The van der Waals surface area contributed by atoms with Gasteiger partial charge in [-0.2, -0.15) is 0 Å². The lowest BCUT2D eigenvalue weighted by molar-refractivity contribution is -0.384. The van der Waals surface area contributed by atoms with Gasteiger partial charge in [0.15, 0.2) is 0 Å². The molecular formula is C13H18FN3O2. The van der Waals surface area contributed by atoms with Crippen molar-refractivity contribution in [2.75, 3.05) is 18.4 Å². The normalized spacial score (nSPS) is 18.5. The summed E-state index contributed by atoms with van der Waals surface area (Å²) in [5.74, 6) is -0.547. The third kappa shape index (κ3) is 3.41. The molecule has 0 radical (unpaired) electrons. The number of halogens is 1. The van der Waals surface area contributed by atoms with Gasteiger partial charge in [-0.05, 0) is 44.4 Å². The molecule has 19 heavy (non-hydrogen) atoms. The molecule has 5 nitrogen and oxygen atoms in total. The second-order valence-corrected chi connectivity index (χ2v) is 4.88. The van der Waals surface area contributed by atoms with E-state index in [0.717, 1.165) is 25.5 Å². The molecule has 6 heteroatoms. The zero-order chi connectivity index (χ0) is 13.8. The van der Waals surface area contributed by atoms with E-state index < -0.39 is 10.7 Å². The molecule has 2 N–H and O–H groups in total. The number of rotatable bonds is 5. The quantitative estimate of drug-likeness (QED) is 0.635. The highest BCUT2D eigenvalue weighted by Crippen LogP contribution is 2.27. The first kappa shape index (κ1) is 13.7. The Kier molecular flexibility index (Phi) is 4.31. The summed E-state index contributed by atoms with van der Waals surface area (Å²) >= 11 is 0. The van der Waals surface area contributed by atoms with Crippen LogP contribution >= 0.6 is 0 Å². The summed E-state index contributed by atoms with van der Waals surface area (Å²) in [6.07, 6.45) is 3.24. The van der Waals surface area contributed by atoms with Crippen LogP contribution < -0.4 is 10.6 Å². The van der Waals surface area contributed by atoms with Crippen LogP contribution in [0.3, 0.4) is 0 Å². The number of nitro benzene ring substituents is 1. The van der Waals surface area contributed by atoms with E-state index in [4.69, 9.17) is 0 Å². The highest BCUT2D eigenvalue weighted by Gasteiger charge is 2.18. The van der Waals surface area contributed by atoms with Gasteiger partial charge in [-0.1, -0.05) is 0 Å². The van der Waals surface area contributed by atoms with Gasteiger partial charge >= 0.3 is 0 Å². The lowest BCUT2D eigenvalue weighted by atomic mass is 10.1. The number of benzene rings is 1. The Labute approximate surface area is 111 Å². The van der Waals surface area contributed by atoms with Crippen LogP contribution in [0.15, 0.2) is 12.1 Å². The van der Waals surface area contributed by atoms with E-state index in [9.17, 15) is 14.5 Å². The van der Waals surface area contributed by atoms with E-state index in [1.807, 2.05) is 0 Å². The van der Waals surface area contributed by atoms with Gasteiger partial charge in [-0.3, -0.25) is 10.1 Å². The molecule has 0 bridgehead atoms. The molecular weight excluding hydrogens is 249 g/mol. The van der Waals surface area contributed by atoms with Crippen molar-refractivity contribution in [1.29, 1.82) is 0 Å². The van der Waals surface area contributed by atoms with Crippen molar-refractivity contribution >= 4 is 11.4 Å².